The number of carbonyl (C=O) groups excluding carboxylic acids is 1. The number of carbonyl (C=O) groups is 1. The molecule has 2 rings (SSSR count). The molecule has 2 aromatic carbocycles. The average molecular weight is 393 g/mol. The Labute approximate surface area is 138 Å². The molecule has 0 fully saturated rings. The maximum absolute atomic E-state index is 11.9. The first-order valence-electron chi connectivity index (χ1n) is 6.42. The van der Waals surface area contributed by atoms with Gasteiger partial charge in [0.05, 0.1) is 6.21 Å². The van der Waals surface area contributed by atoms with E-state index in [0.29, 0.717) is 5.56 Å². The minimum absolute atomic E-state index is 0.213. The third-order valence-corrected chi connectivity index (χ3v) is 3.55. The van der Waals surface area contributed by atoms with Gasteiger partial charge in [-0.1, -0.05) is 18.2 Å². The molecule has 0 spiro atoms. The van der Waals surface area contributed by atoms with E-state index in [9.17, 15) is 4.79 Å². The van der Waals surface area contributed by atoms with Gasteiger partial charge in [-0.15, -0.1) is 0 Å². The van der Waals surface area contributed by atoms with Gasteiger partial charge in [0, 0.05) is 28.9 Å². The molecule has 0 aliphatic heterocycles. The fraction of sp³-hybridized carbons (Fsp3) is 0.125. The Kier molecular flexibility index (Phi) is 5.32. The van der Waals surface area contributed by atoms with Crippen LogP contribution in [0.5, 0.6) is 0 Å². The summed E-state index contributed by atoms with van der Waals surface area (Å²) in [6.07, 6.45) is 1.63. The van der Waals surface area contributed by atoms with Crippen molar-refractivity contribution in [2.75, 3.05) is 19.0 Å². The van der Waals surface area contributed by atoms with Gasteiger partial charge in [-0.25, -0.2) is 5.43 Å². The summed E-state index contributed by atoms with van der Waals surface area (Å²) in [7, 11) is 3.98. The van der Waals surface area contributed by atoms with Crippen molar-refractivity contribution in [1.29, 1.82) is 0 Å². The van der Waals surface area contributed by atoms with E-state index in [4.69, 9.17) is 0 Å². The number of hydrogen-bond acceptors (Lipinski definition) is 3. The highest BCUT2D eigenvalue weighted by Crippen LogP contribution is 2.11. The molecule has 0 heterocycles. The molecule has 4 nitrogen and oxygen atoms in total. The van der Waals surface area contributed by atoms with Crippen LogP contribution in [0.3, 0.4) is 0 Å². The number of anilines is 1. The molecular weight excluding hydrogens is 377 g/mol. The van der Waals surface area contributed by atoms with Crippen LogP contribution in [0.2, 0.25) is 0 Å². The van der Waals surface area contributed by atoms with Crippen molar-refractivity contribution < 1.29 is 4.79 Å². The Bertz CT molecular complexity index is 651. The van der Waals surface area contributed by atoms with Gasteiger partial charge < -0.3 is 4.90 Å². The summed E-state index contributed by atoms with van der Waals surface area (Å²) < 4.78 is 1.02. The van der Waals surface area contributed by atoms with Crippen molar-refractivity contribution in [3.8, 4) is 0 Å². The number of rotatable bonds is 4. The number of hydrazone groups is 1. The summed E-state index contributed by atoms with van der Waals surface area (Å²) in [5, 5.41) is 3.98. The van der Waals surface area contributed by atoms with E-state index in [0.717, 1.165) is 14.8 Å². The molecule has 0 aromatic heterocycles. The van der Waals surface area contributed by atoms with Crippen LogP contribution in [-0.4, -0.2) is 26.2 Å². The van der Waals surface area contributed by atoms with Crippen molar-refractivity contribution in [2.24, 2.45) is 5.10 Å². The standard InChI is InChI=1S/C16H16IN3O/c1-20(2)15-8-6-12(7-9-15)11-18-19-16(21)13-4-3-5-14(17)10-13/h3-11H,1-2H3,(H,19,21)/b18-11-. The predicted molar refractivity (Wildman–Crippen MR) is 95.0 cm³/mol. The molecule has 5 heteroatoms. The van der Waals surface area contributed by atoms with Gasteiger partial charge >= 0.3 is 0 Å². The Balaban J connectivity index is 1.97. The van der Waals surface area contributed by atoms with Crippen LogP contribution < -0.4 is 10.3 Å². The zero-order valence-corrected chi connectivity index (χ0v) is 14.0. The summed E-state index contributed by atoms with van der Waals surface area (Å²) >= 11 is 2.17. The molecule has 0 atom stereocenters. The largest absolute Gasteiger partial charge is 0.378 e. The van der Waals surface area contributed by atoms with E-state index in [1.165, 1.54) is 0 Å². The smallest absolute Gasteiger partial charge is 0.271 e. The summed E-state index contributed by atoms with van der Waals surface area (Å²) in [6.45, 7) is 0. The Morgan fingerprint density at radius 1 is 1.19 bits per heavy atom. The molecule has 2 aromatic rings. The first-order valence-corrected chi connectivity index (χ1v) is 7.50. The van der Waals surface area contributed by atoms with E-state index in [1.54, 1.807) is 12.3 Å². The Hall–Kier alpha value is -1.89. The summed E-state index contributed by atoms with van der Waals surface area (Å²) in [5.74, 6) is -0.213. The lowest BCUT2D eigenvalue weighted by molar-refractivity contribution is 0.0955. The average Bonchev–Trinajstić information content (AvgIpc) is 2.47. The molecule has 0 aliphatic rings. The molecule has 108 valence electrons. The molecule has 0 saturated carbocycles. The molecule has 0 saturated heterocycles. The van der Waals surface area contributed by atoms with Crippen LogP contribution in [0.15, 0.2) is 53.6 Å². The minimum Gasteiger partial charge on any atom is -0.378 e. The van der Waals surface area contributed by atoms with Crippen LogP contribution in [0.1, 0.15) is 15.9 Å². The fourth-order valence-corrected chi connectivity index (χ4v) is 2.26. The highest BCUT2D eigenvalue weighted by molar-refractivity contribution is 14.1. The summed E-state index contributed by atoms with van der Waals surface area (Å²) in [4.78, 5) is 13.9. The van der Waals surface area contributed by atoms with Gasteiger partial charge in [-0.05, 0) is 58.5 Å². The van der Waals surface area contributed by atoms with Crippen molar-refractivity contribution in [1.82, 2.24) is 5.43 Å². The fourth-order valence-electron chi connectivity index (χ4n) is 1.72. The molecule has 21 heavy (non-hydrogen) atoms. The number of nitrogens with zero attached hydrogens (tertiary/aromatic N) is 2. The second-order valence-corrected chi connectivity index (χ2v) is 5.94. The normalized spacial score (nSPS) is 10.6. The number of benzene rings is 2. The highest BCUT2D eigenvalue weighted by atomic mass is 127. The van der Waals surface area contributed by atoms with Gasteiger partial charge in [-0.2, -0.15) is 5.10 Å². The van der Waals surface area contributed by atoms with Crippen LogP contribution in [0, 0.1) is 3.57 Å². The molecule has 0 unspecified atom stereocenters. The van der Waals surface area contributed by atoms with Crippen molar-refractivity contribution in [2.45, 2.75) is 0 Å². The molecule has 1 amide bonds. The van der Waals surface area contributed by atoms with Crippen molar-refractivity contribution in [3.63, 3.8) is 0 Å². The van der Waals surface area contributed by atoms with E-state index in [-0.39, 0.29) is 5.91 Å². The molecule has 0 radical (unpaired) electrons. The quantitative estimate of drug-likeness (QED) is 0.493. The third-order valence-electron chi connectivity index (χ3n) is 2.88. The lowest BCUT2D eigenvalue weighted by Crippen LogP contribution is -2.17. The van der Waals surface area contributed by atoms with Crippen molar-refractivity contribution >= 4 is 40.4 Å². The van der Waals surface area contributed by atoms with E-state index in [1.807, 2.05) is 61.5 Å². The maximum atomic E-state index is 11.9. The second kappa shape index (κ2) is 7.21. The topological polar surface area (TPSA) is 44.7 Å². The van der Waals surface area contributed by atoms with E-state index >= 15 is 0 Å². The minimum atomic E-state index is -0.213. The Morgan fingerprint density at radius 2 is 1.90 bits per heavy atom. The van der Waals surface area contributed by atoms with Gasteiger partial charge in [0.25, 0.3) is 5.91 Å². The number of halogens is 1. The maximum Gasteiger partial charge on any atom is 0.271 e. The summed E-state index contributed by atoms with van der Waals surface area (Å²) in [5.41, 5.74) is 5.18. The number of nitrogens with one attached hydrogen (secondary N) is 1. The van der Waals surface area contributed by atoms with Crippen LogP contribution in [0.4, 0.5) is 5.69 Å². The monoisotopic (exact) mass is 393 g/mol. The molecular formula is C16H16IN3O. The van der Waals surface area contributed by atoms with Gasteiger partial charge in [0.15, 0.2) is 0 Å². The number of amides is 1. The highest BCUT2D eigenvalue weighted by Gasteiger charge is 2.03. The summed E-state index contributed by atoms with van der Waals surface area (Å²) in [6, 6.07) is 15.3. The molecule has 1 N–H and O–H groups in total. The third kappa shape index (κ3) is 4.56. The zero-order valence-electron chi connectivity index (χ0n) is 11.9. The van der Waals surface area contributed by atoms with Gasteiger partial charge in [0.1, 0.15) is 0 Å². The van der Waals surface area contributed by atoms with E-state index < -0.39 is 0 Å². The van der Waals surface area contributed by atoms with Gasteiger partial charge in [0.2, 0.25) is 0 Å². The first kappa shape index (κ1) is 15.5. The lowest BCUT2D eigenvalue weighted by atomic mass is 10.2. The van der Waals surface area contributed by atoms with Gasteiger partial charge in [-0.3, -0.25) is 4.79 Å². The SMILES string of the molecule is CN(C)c1ccc(/C=N\NC(=O)c2cccc(I)c2)cc1. The lowest BCUT2D eigenvalue weighted by Gasteiger charge is -2.11. The zero-order chi connectivity index (χ0) is 15.2. The molecule has 0 bridgehead atoms. The van der Waals surface area contributed by atoms with Crippen LogP contribution in [0.25, 0.3) is 0 Å². The first-order chi connectivity index (χ1) is 10.1. The van der Waals surface area contributed by atoms with Crippen LogP contribution in [-0.2, 0) is 0 Å². The van der Waals surface area contributed by atoms with Crippen molar-refractivity contribution in [3.05, 3.63) is 63.2 Å². The molecule has 0 aliphatic carbocycles. The predicted octanol–water partition coefficient (Wildman–Crippen LogP) is 3.12. The van der Waals surface area contributed by atoms with Crippen LogP contribution >= 0.6 is 22.6 Å². The Morgan fingerprint density at radius 3 is 2.52 bits per heavy atom. The number of hydrogen-bond donors (Lipinski definition) is 1. The second-order valence-electron chi connectivity index (χ2n) is 4.70. The van der Waals surface area contributed by atoms with E-state index in [2.05, 4.69) is 33.1 Å².